The van der Waals surface area contributed by atoms with Gasteiger partial charge in [-0.3, -0.25) is 19.9 Å². The van der Waals surface area contributed by atoms with Crippen molar-refractivity contribution in [1.82, 2.24) is 15.3 Å². The van der Waals surface area contributed by atoms with E-state index >= 15 is 0 Å². The van der Waals surface area contributed by atoms with Crippen LogP contribution in [0.25, 0.3) is 0 Å². The smallest absolute Gasteiger partial charge is 0.257 e. The summed E-state index contributed by atoms with van der Waals surface area (Å²) in [5.41, 5.74) is 4.99. The number of nitrogens with one attached hydrogen (secondary N) is 1. The van der Waals surface area contributed by atoms with Crippen molar-refractivity contribution < 1.29 is 9.59 Å². The molecular formula is C18H23N3O2. The molecule has 122 valence electrons. The Balaban J connectivity index is 1.48. The van der Waals surface area contributed by atoms with Crippen LogP contribution in [0.2, 0.25) is 0 Å². The lowest BCUT2D eigenvalue weighted by Crippen LogP contribution is -2.48. The molecule has 4 aliphatic rings. The number of amides is 2. The maximum atomic E-state index is 12.7. The fourth-order valence-electron chi connectivity index (χ4n) is 4.80. The average molecular weight is 313 g/mol. The molecule has 2 aliphatic carbocycles. The van der Waals surface area contributed by atoms with Gasteiger partial charge >= 0.3 is 0 Å². The molecule has 4 rings (SSSR count). The molecule has 1 saturated heterocycles. The van der Waals surface area contributed by atoms with Crippen LogP contribution in [-0.4, -0.2) is 46.9 Å². The molecule has 3 atom stereocenters. The standard InChI is InChI=1S/C18H23N3O2/c1-2-9-20-16-8-7-13(10-12(16)11-19-20)21-17(22)14-5-3-4-6-15(14)18(21)23/h1,12-13,16,19H,3-11H2. The van der Waals surface area contributed by atoms with E-state index in [2.05, 4.69) is 16.4 Å². The Labute approximate surface area is 137 Å². The van der Waals surface area contributed by atoms with Crippen molar-refractivity contribution in [3.05, 3.63) is 11.1 Å². The van der Waals surface area contributed by atoms with Crippen molar-refractivity contribution >= 4 is 11.8 Å². The second-order valence-electron chi connectivity index (χ2n) is 7.13. The van der Waals surface area contributed by atoms with Crippen LogP contribution in [0.1, 0.15) is 44.9 Å². The van der Waals surface area contributed by atoms with Crippen molar-refractivity contribution in [1.29, 1.82) is 0 Å². The monoisotopic (exact) mass is 313 g/mol. The molecule has 0 radical (unpaired) electrons. The zero-order valence-electron chi connectivity index (χ0n) is 13.4. The fraction of sp³-hybridized carbons (Fsp3) is 0.667. The number of hydrazine groups is 1. The molecule has 0 aromatic rings. The maximum Gasteiger partial charge on any atom is 0.257 e. The van der Waals surface area contributed by atoms with Crippen LogP contribution < -0.4 is 5.43 Å². The minimum atomic E-state index is -0.000382. The molecule has 3 unspecified atom stereocenters. The molecule has 1 N–H and O–H groups in total. The van der Waals surface area contributed by atoms with Gasteiger partial charge in [0.1, 0.15) is 0 Å². The number of terminal acetylenes is 1. The van der Waals surface area contributed by atoms with Crippen LogP contribution in [0.3, 0.4) is 0 Å². The molecule has 0 aromatic heterocycles. The van der Waals surface area contributed by atoms with E-state index < -0.39 is 0 Å². The quantitative estimate of drug-likeness (QED) is 0.615. The topological polar surface area (TPSA) is 52.6 Å². The molecule has 1 saturated carbocycles. The summed E-state index contributed by atoms with van der Waals surface area (Å²) in [6.45, 7) is 1.51. The van der Waals surface area contributed by atoms with Crippen molar-refractivity contribution in [2.24, 2.45) is 5.92 Å². The molecule has 2 heterocycles. The number of fused-ring (bicyclic) bond motifs is 1. The lowest BCUT2D eigenvalue weighted by molar-refractivity contribution is -0.141. The van der Waals surface area contributed by atoms with Gasteiger partial charge in [-0.15, -0.1) is 6.42 Å². The Hall–Kier alpha value is -1.64. The van der Waals surface area contributed by atoms with Gasteiger partial charge in [0.2, 0.25) is 0 Å². The normalized spacial score (nSPS) is 34.6. The molecule has 5 nitrogen and oxygen atoms in total. The first kappa shape index (κ1) is 14.9. The van der Waals surface area contributed by atoms with E-state index in [0.717, 1.165) is 62.6 Å². The van der Waals surface area contributed by atoms with E-state index in [1.807, 2.05) is 0 Å². The molecule has 2 fully saturated rings. The average Bonchev–Trinajstić information content (AvgIpc) is 3.08. The molecule has 0 spiro atoms. The largest absolute Gasteiger partial charge is 0.272 e. The highest BCUT2D eigenvalue weighted by Crippen LogP contribution is 2.39. The van der Waals surface area contributed by atoms with Crippen molar-refractivity contribution in [2.75, 3.05) is 13.1 Å². The third-order valence-corrected chi connectivity index (χ3v) is 5.92. The highest BCUT2D eigenvalue weighted by atomic mass is 16.2. The Morgan fingerprint density at radius 1 is 1.13 bits per heavy atom. The molecule has 5 heteroatoms. The van der Waals surface area contributed by atoms with Crippen molar-refractivity contribution in [3.8, 4) is 12.3 Å². The summed E-state index contributed by atoms with van der Waals surface area (Å²) >= 11 is 0. The zero-order valence-corrected chi connectivity index (χ0v) is 13.4. The highest BCUT2D eigenvalue weighted by molar-refractivity contribution is 6.19. The summed E-state index contributed by atoms with van der Waals surface area (Å²) in [6, 6.07) is 0.507. The highest BCUT2D eigenvalue weighted by Gasteiger charge is 2.46. The number of carbonyl (C=O) groups is 2. The summed E-state index contributed by atoms with van der Waals surface area (Å²) in [5, 5.41) is 2.15. The van der Waals surface area contributed by atoms with E-state index in [9.17, 15) is 9.59 Å². The van der Waals surface area contributed by atoms with Crippen LogP contribution in [0.5, 0.6) is 0 Å². The van der Waals surface area contributed by atoms with Gasteiger partial charge in [-0.1, -0.05) is 5.92 Å². The molecule has 0 aromatic carbocycles. The first-order valence-electron chi connectivity index (χ1n) is 8.74. The number of hydrogen-bond donors (Lipinski definition) is 1. The van der Waals surface area contributed by atoms with Crippen LogP contribution in [0.4, 0.5) is 0 Å². The van der Waals surface area contributed by atoms with Crippen LogP contribution >= 0.6 is 0 Å². The number of hydrogen-bond acceptors (Lipinski definition) is 4. The van der Waals surface area contributed by atoms with E-state index in [4.69, 9.17) is 6.42 Å². The predicted octanol–water partition coefficient (Wildman–Crippen LogP) is 1.22. The van der Waals surface area contributed by atoms with Gasteiger partial charge in [-0.25, -0.2) is 5.01 Å². The number of rotatable bonds is 2. The van der Waals surface area contributed by atoms with Crippen LogP contribution in [0, 0.1) is 18.3 Å². The summed E-state index contributed by atoms with van der Waals surface area (Å²) in [5.74, 6) is 3.17. The van der Waals surface area contributed by atoms with Gasteiger partial charge in [-0.2, -0.15) is 0 Å². The fourth-order valence-corrected chi connectivity index (χ4v) is 4.80. The Morgan fingerprint density at radius 2 is 1.83 bits per heavy atom. The number of carbonyl (C=O) groups excluding carboxylic acids is 2. The minimum absolute atomic E-state index is 0.000382. The molecule has 2 amide bonds. The van der Waals surface area contributed by atoms with Gasteiger partial charge in [0, 0.05) is 29.8 Å². The maximum absolute atomic E-state index is 12.7. The summed E-state index contributed by atoms with van der Waals surface area (Å²) in [6.07, 6.45) is 11.8. The van der Waals surface area contributed by atoms with Gasteiger partial charge < -0.3 is 0 Å². The summed E-state index contributed by atoms with van der Waals surface area (Å²) in [4.78, 5) is 27.0. The minimum Gasteiger partial charge on any atom is -0.272 e. The SMILES string of the molecule is C#CCN1NCC2CC(N3C(=O)C4=C(CCCC4)C3=O)CCC21. The second-order valence-corrected chi connectivity index (χ2v) is 7.13. The lowest BCUT2D eigenvalue weighted by Gasteiger charge is -2.37. The summed E-state index contributed by atoms with van der Waals surface area (Å²) < 4.78 is 0. The van der Waals surface area contributed by atoms with Crippen molar-refractivity contribution in [3.63, 3.8) is 0 Å². The molecule has 2 aliphatic heterocycles. The summed E-state index contributed by atoms with van der Waals surface area (Å²) in [7, 11) is 0. The first-order valence-corrected chi connectivity index (χ1v) is 8.74. The van der Waals surface area contributed by atoms with Gasteiger partial charge in [0.05, 0.1) is 6.54 Å². The number of imide groups is 1. The molecule has 23 heavy (non-hydrogen) atoms. The Morgan fingerprint density at radius 3 is 2.48 bits per heavy atom. The van der Waals surface area contributed by atoms with Gasteiger partial charge in [0.15, 0.2) is 0 Å². The predicted molar refractivity (Wildman–Crippen MR) is 85.8 cm³/mol. The number of nitrogens with zero attached hydrogens (tertiary/aromatic N) is 2. The van der Waals surface area contributed by atoms with Crippen molar-refractivity contribution in [2.45, 2.75) is 57.0 Å². The lowest BCUT2D eigenvalue weighted by atomic mass is 9.81. The van der Waals surface area contributed by atoms with E-state index in [1.54, 1.807) is 4.90 Å². The van der Waals surface area contributed by atoms with E-state index in [-0.39, 0.29) is 17.9 Å². The third kappa shape index (κ3) is 2.32. The second kappa shape index (κ2) is 5.77. The third-order valence-electron chi connectivity index (χ3n) is 5.92. The molecular weight excluding hydrogens is 290 g/mol. The zero-order chi connectivity index (χ0) is 16.0. The van der Waals surface area contributed by atoms with Gasteiger partial charge in [-0.05, 0) is 50.9 Å². The van der Waals surface area contributed by atoms with Crippen LogP contribution in [0.15, 0.2) is 11.1 Å². The Bertz CT molecular complexity index is 590. The van der Waals surface area contributed by atoms with Crippen LogP contribution in [-0.2, 0) is 9.59 Å². The first-order chi connectivity index (χ1) is 11.2. The van der Waals surface area contributed by atoms with E-state index in [0.29, 0.717) is 18.5 Å². The van der Waals surface area contributed by atoms with E-state index in [1.165, 1.54) is 0 Å². The molecule has 0 bridgehead atoms. The van der Waals surface area contributed by atoms with Gasteiger partial charge in [0.25, 0.3) is 11.8 Å². The Kier molecular flexibility index (Phi) is 3.74.